The fourth-order valence-corrected chi connectivity index (χ4v) is 0.691. The van der Waals surface area contributed by atoms with E-state index in [0.29, 0.717) is 19.0 Å². The summed E-state index contributed by atoms with van der Waals surface area (Å²) in [7, 11) is 0. The van der Waals surface area contributed by atoms with Gasteiger partial charge in [0.2, 0.25) is 5.88 Å². The number of carbonyl (C=O) groups excluding carboxylic acids is 1. The Morgan fingerprint density at radius 2 is 2.50 bits per heavy atom. The normalized spacial score (nSPS) is 9.42. The first kappa shape index (κ1) is 8.61. The van der Waals surface area contributed by atoms with Crippen LogP contribution in [0.25, 0.3) is 0 Å². The van der Waals surface area contributed by atoms with Gasteiger partial charge in [-0.1, -0.05) is 0 Å². The molecule has 1 aromatic rings. The fraction of sp³-hybridized carbons (Fsp3) is 0.286. The van der Waals surface area contributed by atoms with E-state index in [1.807, 2.05) is 0 Å². The van der Waals surface area contributed by atoms with E-state index < -0.39 is 0 Å². The summed E-state index contributed by atoms with van der Waals surface area (Å²) in [5.41, 5.74) is 5.18. The van der Waals surface area contributed by atoms with Crippen molar-refractivity contribution in [2.45, 2.75) is 0 Å². The molecular weight excluding hydrogens is 158 g/mol. The summed E-state index contributed by atoms with van der Waals surface area (Å²) in [6.07, 6.45) is 1.48. The molecule has 0 radical (unpaired) electrons. The van der Waals surface area contributed by atoms with E-state index in [9.17, 15) is 4.79 Å². The molecule has 0 saturated heterocycles. The highest BCUT2D eigenvalue weighted by atomic mass is 16.3. The standard InChI is InChI=1S/C7H11N3O2/c8-3-4-9-7(11)10-6-2-1-5-12-6/h1-2,5H,3-4,8H2,(H2,9,10,11). The van der Waals surface area contributed by atoms with Crippen molar-refractivity contribution in [2.24, 2.45) is 5.73 Å². The van der Waals surface area contributed by atoms with Crippen LogP contribution in [0, 0.1) is 0 Å². The van der Waals surface area contributed by atoms with Crippen molar-refractivity contribution in [3.63, 3.8) is 0 Å². The van der Waals surface area contributed by atoms with Gasteiger partial charge in [0.05, 0.1) is 6.26 Å². The van der Waals surface area contributed by atoms with Crippen LogP contribution in [0.15, 0.2) is 22.8 Å². The molecule has 1 heterocycles. The lowest BCUT2D eigenvalue weighted by molar-refractivity contribution is 0.252. The van der Waals surface area contributed by atoms with Gasteiger partial charge in [-0.15, -0.1) is 0 Å². The first-order valence-corrected chi connectivity index (χ1v) is 3.61. The zero-order chi connectivity index (χ0) is 8.81. The van der Waals surface area contributed by atoms with E-state index in [4.69, 9.17) is 10.2 Å². The quantitative estimate of drug-likeness (QED) is 0.611. The Labute approximate surface area is 69.9 Å². The lowest BCUT2D eigenvalue weighted by Crippen LogP contribution is -2.32. The minimum atomic E-state index is -0.310. The van der Waals surface area contributed by atoms with Crippen molar-refractivity contribution in [1.82, 2.24) is 5.32 Å². The Balaban J connectivity index is 2.27. The highest BCUT2D eigenvalue weighted by Gasteiger charge is 2.00. The largest absolute Gasteiger partial charge is 0.449 e. The average molecular weight is 169 g/mol. The van der Waals surface area contributed by atoms with Crippen LogP contribution in [-0.2, 0) is 0 Å². The summed E-state index contributed by atoms with van der Waals surface area (Å²) in [4.78, 5) is 10.9. The number of urea groups is 1. The summed E-state index contributed by atoms with van der Waals surface area (Å²) in [6, 6.07) is 3.04. The number of nitrogens with one attached hydrogen (secondary N) is 2. The van der Waals surface area contributed by atoms with Crippen LogP contribution in [-0.4, -0.2) is 19.1 Å². The van der Waals surface area contributed by atoms with Gasteiger partial charge in [-0.05, 0) is 6.07 Å². The maximum atomic E-state index is 10.9. The molecule has 0 spiro atoms. The lowest BCUT2D eigenvalue weighted by atomic mass is 10.6. The second-order valence-corrected chi connectivity index (χ2v) is 2.15. The van der Waals surface area contributed by atoms with Crippen molar-refractivity contribution in [1.29, 1.82) is 0 Å². The van der Waals surface area contributed by atoms with E-state index in [2.05, 4.69) is 10.6 Å². The van der Waals surface area contributed by atoms with Gasteiger partial charge in [0.1, 0.15) is 0 Å². The summed E-state index contributed by atoms with van der Waals surface area (Å²) in [5, 5.41) is 5.02. The topological polar surface area (TPSA) is 80.3 Å². The number of nitrogens with two attached hydrogens (primary N) is 1. The van der Waals surface area contributed by atoms with Crippen molar-refractivity contribution in [2.75, 3.05) is 18.4 Å². The zero-order valence-electron chi connectivity index (χ0n) is 6.54. The Morgan fingerprint density at radius 1 is 1.67 bits per heavy atom. The minimum Gasteiger partial charge on any atom is -0.449 e. The number of rotatable bonds is 3. The van der Waals surface area contributed by atoms with Gasteiger partial charge in [0.15, 0.2) is 0 Å². The monoisotopic (exact) mass is 169 g/mol. The lowest BCUT2D eigenvalue weighted by Gasteiger charge is -2.02. The van der Waals surface area contributed by atoms with Gasteiger partial charge < -0.3 is 15.5 Å². The van der Waals surface area contributed by atoms with E-state index >= 15 is 0 Å². The number of carbonyl (C=O) groups is 1. The van der Waals surface area contributed by atoms with E-state index in [0.717, 1.165) is 0 Å². The second-order valence-electron chi connectivity index (χ2n) is 2.15. The first-order chi connectivity index (χ1) is 5.83. The van der Waals surface area contributed by atoms with Gasteiger partial charge >= 0.3 is 6.03 Å². The third-order valence-corrected chi connectivity index (χ3v) is 1.19. The summed E-state index contributed by atoms with van der Waals surface area (Å²) >= 11 is 0. The van der Waals surface area contributed by atoms with E-state index in [1.54, 1.807) is 12.1 Å². The molecule has 5 nitrogen and oxygen atoms in total. The SMILES string of the molecule is NCCNC(=O)Nc1ccco1. The van der Waals surface area contributed by atoms with Crippen LogP contribution < -0.4 is 16.4 Å². The molecule has 0 aliphatic rings. The van der Waals surface area contributed by atoms with Crippen LogP contribution in [0.2, 0.25) is 0 Å². The van der Waals surface area contributed by atoms with Crippen LogP contribution in [0.4, 0.5) is 10.7 Å². The van der Waals surface area contributed by atoms with Crippen LogP contribution in [0.3, 0.4) is 0 Å². The number of hydrogen-bond donors (Lipinski definition) is 3. The molecule has 0 aliphatic heterocycles. The molecule has 0 aliphatic carbocycles. The van der Waals surface area contributed by atoms with Gasteiger partial charge in [0, 0.05) is 19.2 Å². The predicted molar refractivity (Wildman–Crippen MR) is 44.8 cm³/mol. The predicted octanol–water partition coefficient (Wildman–Crippen LogP) is 0.360. The molecule has 0 saturated carbocycles. The maximum absolute atomic E-state index is 10.9. The summed E-state index contributed by atoms with van der Waals surface area (Å²) in [5.74, 6) is 0.421. The van der Waals surface area contributed by atoms with Gasteiger partial charge in [-0.3, -0.25) is 5.32 Å². The molecular formula is C7H11N3O2. The van der Waals surface area contributed by atoms with Gasteiger partial charge in [-0.2, -0.15) is 0 Å². The molecule has 12 heavy (non-hydrogen) atoms. The number of furan rings is 1. The van der Waals surface area contributed by atoms with Gasteiger partial charge in [0.25, 0.3) is 0 Å². The zero-order valence-corrected chi connectivity index (χ0v) is 6.54. The summed E-state index contributed by atoms with van der Waals surface area (Å²) in [6.45, 7) is 0.873. The molecule has 1 aromatic heterocycles. The molecule has 0 atom stereocenters. The molecule has 0 fully saturated rings. The number of amides is 2. The highest BCUT2D eigenvalue weighted by Crippen LogP contribution is 2.05. The van der Waals surface area contributed by atoms with Crippen molar-refractivity contribution < 1.29 is 9.21 Å². The molecule has 0 unspecified atom stereocenters. The first-order valence-electron chi connectivity index (χ1n) is 3.61. The minimum absolute atomic E-state index is 0.310. The number of hydrogen-bond acceptors (Lipinski definition) is 3. The number of anilines is 1. The van der Waals surface area contributed by atoms with E-state index in [-0.39, 0.29) is 6.03 Å². The Hall–Kier alpha value is -1.49. The summed E-state index contributed by atoms with van der Waals surface area (Å²) < 4.78 is 4.88. The van der Waals surface area contributed by atoms with Crippen molar-refractivity contribution in [3.05, 3.63) is 18.4 Å². The van der Waals surface area contributed by atoms with Crippen molar-refractivity contribution in [3.8, 4) is 0 Å². The molecule has 5 heteroatoms. The third-order valence-electron chi connectivity index (χ3n) is 1.19. The van der Waals surface area contributed by atoms with E-state index in [1.165, 1.54) is 6.26 Å². The second kappa shape index (κ2) is 4.40. The molecule has 4 N–H and O–H groups in total. The fourth-order valence-electron chi connectivity index (χ4n) is 0.691. The Bertz CT molecular complexity index is 233. The Morgan fingerprint density at radius 3 is 3.08 bits per heavy atom. The van der Waals surface area contributed by atoms with Crippen LogP contribution in [0.1, 0.15) is 0 Å². The molecule has 66 valence electrons. The van der Waals surface area contributed by atoms with Crippen LogP contribution in [0.5, 0.6) is 0 Å². The molecule has 0 bridgehead atoms. The maximum Gasteiger partial charge on any atom is 0.321 e. The van der Waals surface area contributed by atoms with Gasteiger partial charge in [-0.25, -0.2) is 4.79 Å². The average Bonchev–Trinajstić information content (AvgIpc) is 2.53. The smallest absolute Gasteiger partial charge is 0.321 e. The van der Waals surface area contributed by atoms with Crippen molar-refractivity contribution >= 4 is 11.9 Å². The highest BCUT2D eigenvalue weighted by molar-refractivity contribution is 5.87. The Kier molecular flexibility index (Phi) is 3.16. The van der Waals surface area contributed by atoms with Crippen LogP contribution >= 0.6 is 0 Å². The molecule has 0 aromatic carbocycles. The third kappa shape index (κ3) is 2.63. The molecule has 2 amide bonds. The molecule has 1 rings (SSSR count).